The van der Waals surface area contributed by atoms with Gasteiger partial charge in [-0.25, -0.2) is 9.78 Å². The van der Waals surface area contributed by atoms with Crippen LogP contribution < -0.4 is 16.0 Å². The first kappa shape index (κ1) is 53.4. The third-order valence-corrected chi connectivity index (χ3v) is 14.4. The van der Waals surface area contributed by atoms with Gasteiger partial charge in [0.25, 0.3) is 0 Å². The number of hydrogen-bond donors (Lipinski definition) is 3. The average molecular weight is 1010 g/mol. The Morgan fingerprint density at radius 2 is 1.30 bits per heavy atom. The van der Waals surface area contributed by atoms with Crippen molar-refractivity contribution >= 4 is 45.4 Å². The summed E-state index contributed by atoms with van der Waals surface area (Å²) < 4.78 is 10.2. The summed E-state index contributed by atoms with van der Waals surface area (Å²) in [4.78, 5) is 60.2. The molecule has 372 valence electrons. The zero-order valence-corrected chi connectivity index (χ0v) is 42.6. The van der Waals surface area contributed by atoms with E-state index in [-0.39, 0.29) is 34.5 Å². The molecule has 0 radical (unpaired) electrons. The molecule has 13 heteroatoms. The molecule has 0 saturated carbocycles. The second kappa shape index (κ2) is 29.3. The molecule has 2 aromatic carbocycles. The maximum Gasteiger partial charge on any atom is 0.327 e. The number of rotatable bonds is 18. The number of fused-ring (bicyclic) bond motifs is 2. The Hall–Kier alpha value is -4.98. The number of alkyl halides is 1. The summed E-state index contributed by atoms with van der Waals surface area (Å²) in [6.07, 6.45) is 16.1. The van der Waals surface area contributed by atoms with Crippen molar-refractivity contribution in [2.24, 2.45) is 11.8 Å². The minimum atomic E-state index is -0.393. The number of carbonyl (C=O) groups is 4. The number of anilines is 1. The minimum Gasteiger partial charge on any atom is -0.465 e. The molecular formula is C56H75BrN6O6. The van der Waals surface area contributed by atoms with Gasteiger partial charge in [-0.3, -0.25) is 24.3 Å². The second-order valence-electron chi connectivity index (χ2n) is 18.4. The lowest BCUT2D eigenvalue weighted by Crippen LogP contribution is -2.42. The summed E-state index contributed by atoms with van der Waals surface area (Å²) in [5, 5.41) is 9.78. The standard InChI is InChI=1S/C28H37N3O3.C18H27N3O.C10H11BrO2/c1-2-34-28(33)26(22-9-4-3-5-10-22)31-19-16-21(17-20-31)25(32)13-7-6-12-24-15-14-23-11-8-18-29-27(23)30-24;22-18(15-9-12-19-13-10-15)20-11-3-5-16-8-7-14-4-1-2-6-17(14)21-16;1-2-13-10(12)9(11)8-6-4-3-5-7-8/h3-5,9-10,14-15,21,26H,2,6-8,11-13,16-20H2,1H3,(H,29,30);7-8,15,19H,1-6,9-13H2,(H,20,22);3-7,9H,2H2,1H3. The molecule has 2 atom stereocenters. The number of piperidine rings is 2. The van der Waals surface area contributed by atoms with Gasteiger partial charge >= 0.3 is 11.9 Å². The number of aromatic nitrogens is 2. The Kier molecular flexibility index (Phi) is 22.6. The topological polar surface area (TPSA) is 152 Å². The van der Waals surface area contributed by atoms with E-state index in [0.717, 1.165) is 133 Å². The molecule has 5 heterocycles. The molecule has 69 heavy (non-hydrogen) atoms. The van der Waals surface area contributed by atoms with E-state index in [1.54, 1.807) is 6.92 Å². The Labute approximate surface area is 419 Å². The maximum atomic E-state index is 12.8. The van der Waals surface area contributed by atoms with Gasteiger partial charge in [-0.1, -0.05) is 88.7 Å². The summed E-state index contributed by atoms with van der Waals surface area (Å²) in [6.45, 7) is 9.59. The van der Waals surface area contributed by atoms with Crippen LogP contribution in [-0.4, -0.2) is 91.0 Å². The molecule has 2 unspecified atom stereocenters. The van der Waals surface area contributed by atoms with Crippen LogP contribution in [0.5, 0.6) is 0 Å². The number of unbranched alkanes of at least 4 members (excludes halogenated alkanes) is 1. The number of nitrogens with one attached hydrogen (secondary N) is 3. The molecule has 3 aliphatic heterocycles. The normalized spacial score (nSPS) is 16.9. The molecule has 4 aliphatic rings. The van der Waals surface area contributed by atoms with Crippen molar-refractivity contribution in [3.8, 4) is 0 Å². The molecule has 1 amide bonds. The number of hydrogen-bond acceptors (Lipinski definition) is 11. The number of aryl methyl sites for hydroxylation is 5. The highest BCUT2D eigenvalue weighted by Gasteiger charge is 2.34. The fourth-order valence-electron chi connectivity index (χ4n) is 9.60. The van der Waals surface area contributed by atoms with Crippen molar-refractivity contribution in [3.05, 3.63) is 124 Å². The predicted molar refractivity (Wildman–Crippen MR) is 276 cm³/mol. The summed E-state index contributed by atoms with van der Waals surface area (Å²) in [5.41, 5.74) is 8.22. The smallest absolute Gasteiger partial charge is 0.327 e. The van der Waals surface area contributed by atoms with E-state index in [2.05, 4.69) is 61.0 Å². The number of ketones is 1. The third kappa shape index (κ3) is 17.1. The second-order valence-corrected chi connectivity index (χ2v) is 19.4. The molecular weight excluding hydrogens is 933 g/mol. The van der Waals surface area contributed by atoms with Gasteiger partial charge < -0.3 is 25.4 Å². The highest BCUT2D eigenvalue weighted by atomic mass is 79.9. The molecule has 8 rings (SSSR count). The maximum absolute atomic E-state index is 12.8. The van der Waals surface area contributed by atoms with Crippen LogP contribution in [0.1, 0.15) is 135 Å². The minimum absolute atomic E-state index is 0.0981. The number of carbonyl (C=O) groups excluding carboxylic acids is 4. The average Bonchev–Trinajstić information content (AvgIpc) is 3.40. The van der Waals surface area contributed by atoms with E-state index in [9.17, 15) is 19.2 Å². The molecule has 1 aliphatic carbocycles. The molecule has 3 N–H and O–H groups in total. The van der Waals surface area contributed by atoms with E-state index in [0.29, 0.717) is 25.4 Å². The van der Waals surface area contributed by atoms with Crippen molar-refractivity contribution in [2.45, 2.75) is 127 Å². The molecule has 2 fully saturated rings. The predicted octanol–water partition coefficient (Wildman–Crippen LogP) is 9.43. The summed E-state index contributed by atoms with van der Waals surface area (Å²) in [7, 11) is 0. The van der Waals surface area contributed by atoms with Crippen LogP contribution >= 0.6 is 15.9 Å². The van der Waals surface area contributed by atoms with Gasteiger partial charge in [0.2, 0.25) is 5.91 Å². The fourth-order valence-corrected chi connectivity index (χ4v) is 10.0. The molecule has 12 nitrogen and oxygen atoms in total. The SMILES string of the molecule is CCOC(=O)C(Br)c1ccccc1.CCOC(=O)C(c1ccccc1)N1CCC(C(=O)CCCCc2ccc3c(n2)NCCC3)CC1.O=C(NCCCc1ccc2c(n1)CCCC2)C1CCNCC1. The Balaban J connectivity index is 0.000000190. The van der Waals surface area contributed by atoms with Gasteiger partial charge in [0, 0.05) is 48.4 Å². The van der Waals surface area contributed by atoms with Crippen LogP contribution in [0, 0.1) is 11.8 Å². The lowest BCUT2D eigenvalue weighted by molar-refractivity contribution is -0.150. The number of ether oxygens (including phenoxy) is 2. The van der Waals surface area contributed by atoms with E-state index in [1.165, 1.54) is 48.2 Å². The van der Waals surface area contributed by atoms with Crippen LogP contribution in [0.4, 0.5) is 5.82 Å². The van der Waals surface area contributed by atoms with E-state index in [1.807, 2.05) is 67.6 Å². The fraction of sp³-hybridized carbons (Fsp3) is 0.536. The van der Waals surface area contributed by atoms with E-state index < -0.39 is 6.04 Å². The highest BCUT2D eigenvalue weighted by Crippen LogP contribution is 2.30. The van der Waals surface area contributed by atoms with Crippen molar-refractivity contribution < 1.29 is 28.7 Å². The molecule has 2 saturated heterocycles. The number of nitrogens with zero attached hydrogens (tertiary/aromatic N) is 3. The zero-order chi connectivity index (χ0) is 48.6. The summed E-state index contributed by atoms with van der Waals surface area (Å²) >= 11 is 3.28. The quantitative estimate of drug-likeness (QED) is 0.0497. The summed E-state index contributed by atoms with van der Waals surface area (Å²) in [6, 6.07) is 27.6. The Bertz CT molecular complexity index is 2200. The first-order valence-corrected chi connectivity index (χ1v) is 26.7. The van der Waals surface area contributed by atoms with Crippen LogP contribution in [-0.2, 0) is 60.8 Å². The van der Waals surface area contributed by atoms with Crippen molar-refractivity contribution in [1.82, 2.24) is 25.5 Å². The molecule has 0 spiro atoms. The molecule has 0 bridgehead atoms. The number of amides is 1. The molecule has 2 aromatic heterocycles. The summed E-state index contributed by atoms with van der Waals surface area (Å²) in [5.74, 6) is 1.51. The zero-order valence-electron chi connectivity index (χ0n) is 41.0. The Morgan fingerprint density at radius 3 is 2.01 bits per heavy atom. The number of pyridine rings is 2. The molecule has 4 aromatic rings. The largest absolute Gasteiger partial charge is 0.465 e. The van der Waals surface area contributed by atoms with Gasteiger partial charge in [-0.05, 0) is 171 Å². The van der Waals surface area contributed by atoms with Gasteiger partial charge in [-0.15, -0.1) is 0 Å². The lowest BCUT2D eigenvalue weighted by Gasteiger charge is -2.36. The first-order chi connectivity index (χ1) is 33.7. The van der Waals surface area contributed by atoms with Crippen molar-refractivity contribution in [1.29, 1.82) is 0 Å². The third-order valence-electron chi connectivity index (χ3n) is 13.5. The first-order valence-electron chi connectivity index (χ1n) is 25.8. The van der Waals surface area contributed by atoms with Crippen molar-refractivity contribution in [2.75, 3.05) is 57.8 Å². The van der Waals surface area contributed by atoms with Gasteiger partial charge in [0.05, 0.1) is 13.2 Å². The van der Waals surface area contributed by atoms with Crippen LogP contribution in [0.25, 0.3) is 0 Å². The van der Waals surface area contributed by atoms with Gasteiger partial charge in [0.15, 0.2) is 0 Å². The lowest BCUT2D eigenvalue weighted by atomic mass is 9.88. The van der Waals surface area contributed by atoms with Gasteiger partial charge in [0.1, 0.15) is 22.5 Å². The van der Waals surface area contributed by atoms with E-state index >= 15 is 0 Å². The van der Waals surface area contributed by atoms with Crippen LogP contribution in [0.3, 0.4) is 0 Å². The van der Waals surface area contributed by atoms with Crippen LogP contribution in [0.2, 0.25) is 0 Å². The van der Waals surface area contributed by atoms with E-state index in [4.69, 9.17) is 19.4 Å². The van der Waals surface area contributed by atoms with Crippen molar-refractivity contribution in [3.63, 3.8) is 0 Å². The number of halogens is 1. The number of Topliss-reactive ketones (excluding diaryl/α,β-unsaturated/α-hetero) is 1. The Morgan fingerprint density at radius 1 is 0.681 bits per heavy atom. The highest BCUT2D eigenvalue weighted by molar-refractivity contribution is 9.09. The van der Waals surface area contributed by atoms with Crippen LogP contribution in [0.15, 0.2) is 84.9 Å². The number of esters is 2. The monoisotopic (exact) mass is 1010 g/mol. The number of benzene rings is 2. The number of likely N-dealkylation sites (tertiary alicyclic amines) is 1. The van der Waals surface area contributed by atoms with Gasteiger partial charge in [-0.2, -0.15) is 0 Å².